The number of aliphatic hydroxyl groups excluding tert-OH is 3. The number of aliphatic hydroxyl groups is 3. The Kier molecular flexibility index (Phi) is 12.2. The van der Waals surface area contributed by atoms with E-state index in [1.807, 2.05) is 0 Å². The third-order valence-corrected chi connectivity index (χ3v) is 4.99. The van der Waals surface area contributed by atoms with E-state index in [9.17, 15) is 34.2 Å². The predicted molar refractivity (Wildman–Crippen MR) is 80.7 cm³/mol. The fourth-order valence-electron chi connectivity index (χ4n) is 2.27. The molecule has 4 atom stereocenters. The van der Waals surface area contributed by atoms with Crippen LogP contribution in [0.3, 0.4) is 0 Å². The zero-order valence-corrected chi connectivity index (χ0v) is 21.3. The average molecular weight is 490 g/mol. The van der Waals surface area contributed by atoms with Gasteiger partial charge in [0.25, 0.3) is 0 Å². The van der Waals surface area contributed by atoms with Crippen molar-refractivity contribution >= 4 is 26.8 Å². The Balaban J connectivity index is 0.000000664. The molecule has 0 spiro atoms. The van der Waals surface area contributed by atoms with Crippen molar-refractivity contribution < 1.29 is 117 Å². The summed E-state index contributed by atoms with van der Waals surface area (Å²) in [4.78, 5) is 45.6. The van der Waals surface area contributed by atoms with Crippen molar-refractivity contribution in [2.75, 3.05) is 6.61 Å². The second-order valence-electron chi connectivity index (χ2n) is 5.27. The van der Waals surface area contributed by atoms with E-state index in [2.05, 4.69) is 19.3 Å². The van der Waals surface area contributed by atoms with Crippen molar-refractivity contribution in [2.45, 2.75) is 24.5 Å². The molecular weight excluding hydrogens is 476 g/mol. The van der Waals surface area contributed by atoms with E-state index in [4.69, 9.17) is 19.6 Å². The maximum atomic E-state index is 9.92. The van der Waals surface area contributed by atoms with Crippen molar-refractivity contribution in [2.24, 2.45) is 0 Å². The van der Waals surface area contributed by atoms with Crippen molar-refractivity contribution in [3.8, 4) is 5.88 Å². The van der Waals surface area contributed by atoms with Gasteiger partial charge in [0, 0.05) is 0 Å². The van der Waals surface area contributed by atoms with E-state index >= 15 is 0 Å². The summed E-state index contributed by atoms with van der Waals surface area (Å²) in [6.45, 7) is -0.415. The molecule has 0 bridgehead atoms. The van der Waals surface area contributed by atoms with Gasteiger partial charge in [0.2, 0.25) is 5.88 Å². The topological polar surface area (TPSA) is 264 Å². The monoisotopic (exact) mass is 490 g/mol. The molecule has 158 valence electrons. The molecule has 3 heterocycles. The third kappa shape index (κ3) is 8.10. The number of hydrogen-bond acceptors (Lipinski definition) is 13. The maximum Gasteiger partial charge on any atom is 1.00 e. The smallest absolute Gasteiger partial charge is 0.789 e. The molecule has 0 amide bonds. The number of nitrogens with zero attached hydrogens (tertiary/aromatic N) is 4. The van der Waals surface area contributed by atoms with Crippen molar-refractivity contribution in [3.63, 3.8) is 0 Å². The second kappa shape index (κ2) is 12.1. The summed E-state index contributed by atoms with van der Waals surface area (Å²) < 4.78 is 28.4. The van der Waals surface area contributed by atoms with Crippen LogP contribution in [0.1, 0.15) is 6.23 Å². The molecule has 30 heavy (non-hydrogen) atoms. The Morgan fingerprint density at radius 3 is 2.17 bits per heavy atom. The van der Waals surface area contributed by atoms with Gasteiger partial charge in [-0.1, -0.05) is 0 Å². The van der Waals surface area contributed by atoms with Crippen molar-refractivity contribution in [1.29, 1.82) is 0 Å². The molecule has 16 nitrogen and oxygen atoms in total. The van der Waals surface area contributed by atoms with Gasteiger partial charge in [-0.3, -0.25) is 8.88 Å². The first kappa shape index (κ1) is 30.4. The van der Waals surface area contributed by atoms with Crippen LogP contribution in [0, 0.1) is 0 Å². The molecule has 20 heteroatoms. The number of phosphoric acid groups is 2. The van der Waals surface area contributed by atoms with E-state index in [0.29, 0.717) is 0 Å². The van der Waals surface area contributed by atoms with Gasteiger partial charge in [0.05, 0.1) is 20.8 Å². The molecule has 6 N–H and O–H groups in total. The second-order valence-corrected chi connectivity index (χ2v) is 7.80. The fourth-order valence-corrected chi connectivity index (χ4v) is 3.31. The zero-order valence-electron chi connectivity index (χ0n) is 15.5. The summed E-state index contributed by atoms with van der Waals surface area (Å²) in [7, 11) is -10.7. The largest absolute Gasteiger partial charge is 1.00 e. The Bertz CT molecular complexity index is 902. The molecule has 2 aromatic heterocycles. The first-order valence-electron chi connectivity index (χ1n) is 7.12. The van der Waals surface area contributed by atoms with Crippen LogP contribution in [0.4, 0.5) is 0 Å². The number of aromatic hydroxyl groups is 1. The van der Waals surface area contributed by atoms with E-state index < -0.39 is 46.8 Å². The first-order valence-corrected chi connectivity index (χ1v) is 10.1. The average Bonchev–Trinajstić information content (AvgIpc) is 3.08. The predicted octanol–water partition coefficient (Wildman–Crippen LogP) is -9.92. The van der Waals surface area contributed by atoms with Crippen LogP contribution in [-0.2, 0) is 18.2 Å². The van der Waals surface area contributed by atoms with Crippen LogP contribution in [-0.4, -0.2) is 74.7 Å². The first-order chi connectivity index (χ1) is 12.8. The number of imidazole rings is 1. The van der Waals surface area contributed by atoms with Crippen molar-refractivity contribution in [3.05, 3.63) is 12.7 Å². The van der Waals surface area contributed by atoms with Crippen LogP contribution in [0.15, 0.2) is 12.7 Å². The van der Waals surface area contributed by atoms with Gasteiger partial charge in [-0.25, -0.2) is 14.5 Å². The van der Waals surface area contributed by atoms with Crippen LogP contribution in [0.2, 0.25) is 0 Å². The zero-order chi connectivity index (χ0) is 21.3. The van der Waals surface area contributed by atoms with Gasteiger partial charge in [-0.2, -0.15) is 4.98 Å². The molecule has 1 fully saturated rings. The van der Waals surface area contributed by atoms with Gasteiger partial charge in [-0.15, -0.1) is 0 Å². The summed E-state index contributed by atoms with van der Waals surface area (Å²) in [5, 5.41) is 38.2. The molecule has 1 aliphatic rings. The molecule has 1 saturated heterocycles. The summed E-state index contributed by atoms with van der Waals surface area (Å²) in [5.74, 6) is -0.282. The molecule has 0 aromatic carbocycles. The number of hydrogen-bond donors (Lipinski definition) is 6. The molecule has 0 saturated carbocycles. The van der Waals surface area contributed by atoms with Gasteiger partial charge in [0.15, 0.2) is 17.4 Å². The Labute approximate surface area is 212 Å². The van der Waals surface area contributed by atoms with Gasteiger partial charge in [-0.05, 0) is 0 Å². The molecule has 0 aliphatic carbocycles. The van der Waals surface area contributed by atoms with E-state index in [-0.39, 0.29) is 76.2 Å². The van der Waals surface area contributed by atoms with Crippen LogP contribution in [0.25, 0.3) is 11.2 Å². The SMILES string of the molecule is O=P([O-])([O-])OP(=O)(O)O.OC[C@H]1O[C@@H](n2cnc3c(O)ncnc32)[C@H](O)[C@@H]1O.[Na+].[Na+]. The van der Waals surface area contributed by atoms with Crippen LogP contribution in [0.5, 0.6) is 5.88 Å². The summed E-state index contributed by atoms with van der Waals surface area (Å²) >= 11 is 0. The molecule has 2 aromatic rings. The standard InChI is InChI=1S/C10H12N4O5.2Na.H4O7P2/c15-1-4-6(16)7(17)10(19-4)14-3-13-5-8(14)11-2-12-9(5)18;;;1-8(2,3)7-9(4,5)6/h2-4,6-7,10,15-17H,1H2,(H,11,12,18);;;(H2,1,2,3)(H2,4,5,6)/q;2*+1;/p-2/t4-,6-,7-,10-;;;/m1.../s1. The summed E-state index contributed by atoms with van der Waals surface area (Å²) in [5.41, 5.74) is 0.433. The molecule has 0 unspecified atom stereocenters. The number of ether oxygens (including phenoxy) is 1. The molecule has 1 aliphatic heterocycles. The maximum absolute atomic E-state index is 9.92. The molecule has 0 radical (unpaired) electrons. The van der Waals surface area contributed by atoms with Gasteiger partial charge in [0.1, 0.15) is 24.6 Å². The summed E-state index contributed by atoms with van der Waals surface area (Å²) in [6, 6.07) is 0. The third-order valence-electron chi connectivity index (χ3n) is 3.34. The minimum absolute atomic E-state index is 0. The van der Waals surface area contributed by atoms with E-state index in [1.165, 1.54) is 10.9 Å². The number of fused-ring (bicyclic) bond motifs is 1. The normalized spacial score (nSPS) is 23.8. The van der Waals surface area contributed by atoms with Gasteiger partial charge >= 0.3 is 66.9 Å². The Morgan fingerprint density at radius 1 is 1.13 bits per heavy atom. The van der Waals surface area contributed by atoms with E-state index in [1.54, 1.807) is 0 Å². The Morgan fingerprint density at radius 2 is 1.73 bits per heavy atom. The van der Waals surface area contributed by atoms with Crippen LogP contribution < -0.4 is 68.9 Å². The minimum atomic E-state index is -5.55. The van der Waals surface area contributed by atoms with Crippen molar-refractivity contribution in [1.82, 2.24) is 19.5 Å². The Hall–Kier alpha value is 0.450. The van der Waals surface area contributed by atoms with Gasteiger partial charge < -0.3 is 49.3 Å². The fraction of sp³-hybridized carbons (Fsp3) is 0.500. The number of rotatable bonds is 4. The number of aromatic nitrogens is 4. The van der Waals surface area contributed by atoms with E-state index in [0.717, 1.165) is 6.33 Å². The summed E-state index contributed by atoms with van der Waals surface area (Å²) in [6.07, 6.45) is -1.79. The van der Waals surface area contributed by atoms with Crippen LogP contribution >= 0.6 is 15.6 Å². The molecule has 3 rings (SSSR count). The molecular formula is C10H14N4Na2O12P2. The quantitative estimate of drug-likeness (QED) is 0.172. The minimum Gasteiger partial charge on any atom is -0.789 e.